The van der Waals surface area contributed by atoms with E-state index in [1.54, 1.807) is 6.07 Å². The van der Waals surface area contributed by atoms with E-state index in [4.69, 9.17) is 5.11 Å². The molecule has 6 nitrogen and oxygen atoms in total. The van der Waals surface area contributed by atoms with Crippen LogP contribution in [0.25, 0.3) is 0 Å². The van der Waals surface area contributed by atoms with Crippen LogP contribution in [0, 0.1) is 10.1 Å². The number of anilines is 1. The first-order chi connectivity index (χ1) is 8.76. The van der Waals surface area contributed by atoms with Gasteiger partial charge in [-0.2, -0.15) is 0 Å². The number of hydrogen-bond acceptors (Lipinski definition) is 4. The molecule has 0 saturated carbocycles. The van der Waals surface area contributed by atoms with Crippen LogP contribution < -0.4 is 5.32 Å². The van der Waals surface area contributed by atoms with Crippen molar-refractivity contribution in [3.05, 3.63) is 33.9 Å². The molecule has 0 amide bonds. The minimum Gasteiger partial charge on any atom is -0.477 e. The van der Waals surface area contributed by atoms with Crippen LogP contribution in [-0.4, -0.2) is 21.5 Å². The number of benzene rings is 1. The Hall–Kier alpha value is -2.11. The third-order valence-corrected chi connectivity index (χ3v) is 2.78. The van der Waals surface area contributed by atoms with Crippen molar-refractivity contribution in [2.24, 2.45) is 0 Å². The number of aromatic carboxylic acids is 1. The predicted molar refractivity (Wildman–Crippen MR) is 72.7 cm³/mol. The van der Waals surface area contributed by atoms with Gasteiger partial charge in [-0.25, -0.2) is 4.79 Å². The first-order valence-electron chi connectivity index (χ1n) is 6.07. The number of nitrogens with one attached hydrogen (secondary N) is 1. The van der Waals surface area contributed by atoms with Crippen molar-refractivity contribution >= 4 is 17.3 Å². The van der Waals surface area contributed by atoms with E-state index in [0.29, 0.717) is 5.69 Å². The highest BCUT2D eigenvalue weighted by Gasteiger charge is 2.22. The Morgan fingerprint density at radius 1 is 1.47 bits per heavy atom. The summed E-state index contributed by atoms with van der Waals surface area (Å²) in [5, 5.41) is 23.0. The monoisotopic (exact) mass is 266 g/mol. The van der Waals surface area contributed by atoms with Crippen LogP contribution in [0.15, 0.2) is 18.2 Å². The van der Waals surface area contributed by atoms with Crippen molar-refractivity contribution in [1.82, 2.24) is 0 Å². The summed E-state index contributed by atoms with van der Waals surface area (Å²) in [7, 11) is 0. The smallest absolute Gasteiger partial charge is 0.342 e. The van der Waals surface area contributed by atoms with Gasteiger partial charge in [-0.3, -0.25) is 10.1 Å². The van der Waals surface area contributed by atoms with Crippen molar-refractivity contribution in [2.45, 2.75) is 39.2 Å². The van der Waals surface area contributed by atoms with Gasteiger partial charge in [0.2, 0.25) is 0 Å². The molecule has 2 N–H and O–H groups in total. The first kappa shape index (κ1) is 14.9. The number of carboxylic acids is 1. The summed E-state index contributed by atoms with van der Waals surface area (Å²) in [6.45, 7) is 6.04. The van der Waals surface area contributed by atoms with Crippen LogP contribution in [-0.2, 0) is 0 Å². The summed E-state index contributed by atoms with van der Waals surface area (Å²) >= 11 is 0. The summed E-state index contributed by atoms with van der Waals surface area (Å²) in [4.78, 5) is 21.1. The molecule has 0 unspecified atom stereocenters. The summed E-state index contributed by atoms with van der Waals surface area (Å²) in [5.74, 6) is -1.30. The molecular formula is C13H18N2O4. The van der Waals surface area contributed by atoms with Crippen molar-refractivity contribution < 1.29 is 14.8 Å². The van der Waals surface area contributed by atoms with E-state index in [0.717, 1.165) is 12.8 Å². The molecule has 0 bridgehead atoms. The Morgan fingerprint density at radius 2 is 2.11 bits per heavy atom. The standard InChI is InChI=1S/C13H18N2O4/c1-4-7-13(2,3)14-9-5-6-10(12(16)17)11(8-9)15(18)19/h5-6,8,14H,4,7H2,1-3H3,(H,16,17). The maximum Gasteiger partial charge on any atom is 0.342 e. The fraction of sp³-hybridized carbons (Fsp3) is 0.462. The van der Waals surface area contributed by atoms with Gasteiger partial charge in [-0.1, -0.05) is 13.3 Å². The second kappa shape index (κ2) is 5.69. The maximum atomic E-state index is 10.9. The van der Waals surface area contributed by atoms with E-state index in [2.05, 4.69) is 12.2 Å². The van der Waals surface area contributed by atoms with Gasteiger partial charge in [0.15, 0.2) is 0 Å². The van der Waals surface area contributed by atoms with Gasteiger partial charge < -0.3 is 10.4 Å². The van der Waals surface area contributed by atoms with Crippen LogP contribution in [0.1, 0.15) is 44.0 Å². The van der Waals surface area contributed by atoms with Crippen LogP contribution in [0.2, 0.25) is 0 Å². The number of rotatable bonds is 6. The topological polar surface area (TPSA) is 92.5 Å². The second-order valence-corrected chi connectivity index (χ2v) is 5.05. The lowest BCUT2D eigenvalue weighted by Gasteiger charge is -2.27. The Labute approximate surface area is 111 Å². The molecule has 1 aromatic carbocycles. The maximum absolute atomic E-state index is 10.9. The highest BCUT2D eigenvalue weighted by molar-refractivity contribution is 5.93. The van der Waals surface area contributed by atoms with Gasteiger partial charge in [0, 0.05) is 17.3 Å². The normalized spacial score (nSPS) is 11.1. The first-order valence-corrected chi connectivity index (χ1v) is 6.07. The molecule has 0 aliphatic carbocycles. The Kier molecular flexibility index (Phi) is 4.47. The van der Waals surface area contributed by atoms with E-state index in [1.165, 1.54) is 12.1 Å². The summed E-state index contributed by atoms with van der Waals surface area (Å²) in [6, 6.07) is 4.07. The fourth-order valence-electron chi connectivity index (χ4n) is 2.02. The van der Waals surface area contributed by atoms with Gasteiger partial charge in [-0.05, 0) is 32.4 Å². The summed E-state index contributed by atoms with van der Waals surface area (Å²) in [5.41, 5.74) is -0.350. The number of hydrogen-bond donors (Lipinski definition) is 2. The van der Waals surface area contributed by atoms with Gasteiger partial charge in [-0.15, -0.1) is 0 Å². The number of carbonyl (C=O) groups is 1. The SMILES string of the molecule is CCCC(C)(C)Nc1ccc(C(=O)O)c([N+](=O)[O-])c1. The average Bonchev–Trinajstić information content (AvgIpc) is 2.27. The van der Waals surface area contributed by atoms with Crippen molar-refractivity contribution in [3.8, 4) is 0 Å². The third-order valence-electron chi connectivity index (χ3n) is 2.78. The molecule has 0 atom stereocenters. The number of nitro benzene ring substituents is 1. The zero-order chi connectivity index (χ0) is 14.6. The van der Waals surface area contributed by atoms with Gasteiger partial charge >= 0.3 is 5.97 Å². The minimum absolute atomic E-state index is 0.201. The van der Waals surface area contributed by atoms with Crippen molar-refractivity contribution in [3.63, 3.8) is 0 Å². The lowest BCUT2D eigenvalue weighted by Crippen LogP contribution is -2.30. The number of nitrogens with zero attached hydrogens (tertiary/aromatic N) is 1. The zero-order valence-corrected chi connectivity index (χ0v) is 11.3. The van der Waals surface area contributed by atoms with Crippen molar-refractivity contribution in [2.75, 3.05) is 5.32 Å². The highest BCUT2D eigenvalue weighted by Crippen LogP contribution is 2.26. The highest BCUT2D eigenvalue weighted by atomic mass is 16.6. The van der Waals surface area contributed by atoms with Gasteiger partial charge in [0.1, 0.15) is 5.56 Å². The fourth-order valence-corrected chi connectivity index (χ4v) is 2.02. The lowest BCUT2D eigenvalue weighted by atomic mass is 9.98. The van der Waals surface area contributed by atoms with E-state index >= 15 is 0 Å². The molecule has 1 aromatic rings. The number of carboxylic acid groups (broad SMARTS) is 1. The van der Waals surface area contributed by atoms with E-state index < -0.39 is 16.6 Å². The minimum atomic E-state index is -1.30. The Morgan fingerprint density at radius 3 is 2.58 bits per heavy atom. The average molecular weight is 266 g/mol. The van der Waals surface area contributed by atoms with Crippen LogP contribution in [0.3, 0.4) is 0 Å². The molecule has 0 heterocycles. The van der Waals surface area contributed by atoms with Crippen LogP contribution in [0.5, 0.6) is 0 Å². The molecule has 1 rings (SSSR count). The molecular weight excluding hydrogens is 248 g/mol. The van der Waals surface area contributed by atoms with Crippen LogP contribution in [0.4, 0.5) is 11.4 Å². The third kappa shape index (κ3) is 3.94. The summed E-state index contributed by atoms with van der Waals surface area (Å²) < 4.78 is 0. The van der Waals surface area contributed by atoms with Crippen LogP contribution >= 0.6 is 0 Å². The Bertz CT molecular complexity index is 497. The van der Waals surface area contributed by atoms with E-state index in [1.807, 2.05) is 13.8 Å². The molecule has 0 fully saturated rings. The molecule has 0 radical (unpaired) electrons. The molecule has 19 heavy (non-hydrogen) atoms. The molecule has 0 saturated heterocycles. The molecule has 0 aromatic heterocycles. The summed E-state index contributed by atoms with van der Waals surface area (Å²) in [6.07, 6.45) is 1.89. The van der Waals surface area contributed by atoms with Gasteiger partial charge in [0.05, 0.1) is 4.92 Å². The molecule has 0 spiro atoms. The quantitative estimate of drug-likeness (QED) is 0.608. The Balaban J connectivity index is 3.09. The zero-order valence-electron chi connectivity index (χ0n) is 11.3. The number of nitro groups is 1. The second-order valence-electron chi connectivity index (χ2n) is 5.05. The molecule has 0 aliphatic heterocycles. The largest absolute Gasteiger partial charge is 0.477 e. The predicted octanol–water partition coefficient (Wildman–Crippen LogP) is 3.28. The van der Waals surface area contributed by atoms with Crippen molar-refractivity contribution in [1.29, 1.82) is 0 Å². The van der Waals surface area contributed by atoms with E-state index in [-0.39, 0.29) is 11.1 Å². The molecule has 104 valence electrons. The van der Waals surface area contributed by atoms with E-state index in [9.17, 15) is 14.9 Å². The molecule has 6 heteroatoms. The molecule has 0 aliphatic rings. The lowest BCUT2D eigenvalue weighted by molar-refractivity contribution is -0.385. The van der Waals surface area contributed by atoms with Gasteiger partial charge in [0.25, 0.3) is 5.69 Å².